The number of halogens is 2. The minimum atomic E-state index is -3.62. The second kappa shape index (κ2) is 10.4. The van der Waals surface area contributed by atoms with E-state index >= 15 is 0 Å². The summed E-state index contributed by atoms with van der Waals surface area (Å²) in [6, 6.07) is 6.18. The number of rotatable bonds is 10. The number of carboxylic acid groups (broad SMARTS) is 1. The number of ketones is 1. The van der Waals surface area contributed by atoms with Crippen LogP contribution < -0.4 is 0 Å². The number of carboxylic acids is 1. The first kappa shape index (κ1) is 24.2. The molecule has 0 amide bonds. The summed E-state index contributed by atoms with van der Waals surface area (Å²) < 4.78 is 36.4. The molecular weight excluding hydrogens is 434 g/mol. The predicted molar refractivity (Wildman–Crippen MR) is 118 cm³/mol. The van der Waals surface area contributed by atoms with Gasteiger partial charge >= 0.3 is 11.9 Å². The van der Waals surface area contributed by atoms with Gasteiger partial charge in [0.05, 0.1) is 24.2 Å². The van der Waals surface area contributed by atoms with E-state index in [2.05, 4.69) is 4.99 Å². The topological polar surface area (TPSA) is 101 Å². The van der Waals surface area contributed by atoms with Crippen LogP contribution in [-0.4, -0.2) is 51.3 Å². The SMILES string of the molecule is CCn1cc(CCCC(=O)C(F)(F)CC2=CC(c3ccc(O)cc3)=NCCO2)c(C(=O)O)c1. The van der Waals surface area contributed by atoms with E-state index in [-0.39, 0.29) is 49.5 Å². The molecule has 176 valence electrons. The number of alkyl halides is 2. The molecule has 0 spiro atoms. The van der Waals surface area contributed by atoms with E-state index in [9.17, 15) is 28.6 Å². The molecule has 0 unspecified atom stereocenters. The van der Waals surface area contributed by atoms with Crippen molar-refractivity contribution in [2.45, 2.75) is 45.1 Å². The first-order valence-corrected chi connectivity index (χ1v) is 10.7. The Balaban J connectivity index is 1.63. The number of allylic oxidation sites excluding steroid dienone is 2. The summed E-state index contributed by atoms with van der Waals surface area (Å²) in [6.07, 6.45) is 3.63. The van der Waals surface area contributed by atoms with Crippen molar-refractivity contribution < 1.29 is 33.3 Å². The Kier molecular flexibility index (Phi) is 7.63. The zero-order valence-corrected chi connectivity index (χ0v) is 18.3. The van der Waals surface area contributed by atoms with Gasteiger partial charge in [0.25, 0.3) is 0 Å². The summed E-state index contributed by atoms with van der Waals surface area (Å²) in [5.74, 6) is -5.89. The molecular formula is C24H26F2N2O5. The third-order valence-corrected chi connectivity index (χ3v) is 5.33. The first-order valence-electron chi connectivity index (χ1n) is 10.7. The number of Topliss-reactive ketones (excluding diaryl/α,β-unsaturated/α-hetero) is 1. The smallest absolute Gasteiger partial charge is 0.337 e. The number of aliphatic imine (C=N–C) groups is 1. The lowest BCUT2D eigenvalue weighted by Crippen LogP contribution is -2.29. The van der Waals surface area contributed by atoms with Gasteiger partial charge in [0.2, 0.25) is 5.78 Å². The van der Waals surface area contributed by atoms with Gasteiger partial charge in [-0.15, -0.1) is 0 Å². The number of nitrogens with zero attached hydrogens (tertiary/aromatic N) is 2. The Hall–Kier alpha value is -3.49. The van der Waals surface area contributed by atoms with Gasteiger partial charge in [0, 0.05) is 37.0 Å². The second-order valence-electron chi connectivity index (χ2n) is 7.76. The number of benzene rings is 1. The highest BCUT2D eigenvalue weighted by atomic mass is 19.3. The lowest BCUT2D eigenvalue weighted by Gasteiger charge is -2.17. The summed E-state index contributed by atoms with van der Waals surface area (Å²) in [6.45, 7) is 2.84. The number of aromatic hydroxyl groups is 1. The number of carbonyl (C=O) groups is 2. The molecule has 7 nitrogen and oxygen atoms in total. The molecule has 0 fully saturated rings. The summed E-state index contributed by atoms with van der Waals surface area (Å²) in [4.78, 5) is 27.9. The number of aromatic carboxylic acids is 1. The number of phenols is 1. The standard InChI is InChI=1S/C24H26F2N2O5/c1-2-28-14-17(20(15-28)23(31)32)4-3-5-22(30)24(25,26)13-19-12-21(27-10-11-33-19)16-6-8-18(29)9-7-16/h6-9,12,14-15,29H,2-5,10-11,13H2,1H3,(H,31,32). The Bertz CT molecular complexity index is 1070. The van der Waals surface area contributed by atoms with Gasteiger partial charge in [-0.3, -0.25) is 9.79 Å². The van der Waals surface area contributed by atoms with Crippen molar-refractivity contribution in [3.63, 3.8) is 0 Å². The maximum absolute atomic E-state index is 14.7. The van der Waals surface area contributed by atoms with Crippen molar-refractivity contribution in [3.05, 3.63) is 65.2 Å². The van der Waals surface area contributed by atoms with Gasteiger partial charge in [-0.1, -0.05) is 0 Å². The molecule has 2 aromatic rings. The van der Waals surface area contributed by atoms with Gasteiger partial charge in [0.1, 0.15) is 18.1 Å². The van der Waals surface area contributed by atoms with Crippen molar-refractivity contribution in [2.75, 3.05) is 13.2 Å². The number of hydrogen-bond acceptors (Lipinski definition) is 5. The van der Waals surface area contributed by atoms with Crippen LogP contribution in [0.1, 0.15) is 47.7 Å². The second-order valence-corrected chi connectivity index (χ2v) is 7.76. The highest BCUT2D eigenvalue weighted by molar-refractivity contribution is 6.09. The molecule has 1 aliphatic heterocycles. The molecule has 0 atom stereocenters. The molecule has 1 aromatic carbocycles. The van der Waals surface area contributed by atoms with Crippen LogP contribution in [0, 0.1) is 0 Å². The minimum Gasteiger partial charge on any atom is -0.508 e. The molecule has 0 bridgehead atoms. The van der Waals surface area contributed by atoms with Gasteiger partial charge < -0.3 is 19.5 Å². The number of phenolic OH excluding ortho intramolecular Hbond substituents is 1. The summed E-state index contributed by atoms with van der Waals surface area (Å²) in [5, 5.41) is 18.7. The zero-order valence-electron chi connectivity index (χ0n) is 18.3. The van der Waals surface area contributed by atoms with Crippen LogP contribution in [0.15, 0.2) is 53.5 Å². The molecule has 0 aliphatic carbocycles. The van der Waals surface area contributed by atoms with E-state index in [0.717, 1.165) is 0 Å². The molecule has 2 N–H and O–H groups in total. The number of hydrogen-bond donors (Lipinski definition) is 2. The molecule has 33 heavy (non-hydrogen) atoms. The Morgan fingerprint density at radius 1 is 1.21 bits per heavy atom. The molecule has 1 aliphatic rings. The van der Waals surface area contributed by atoms with Crippen molar-refractivity contribution in [1.82, 2.24) is 4.57 Å². The van der Waals surface area contributed by atoms with Crippen molar-refractivity contribution >= 4 is 17.5 Å². The van der Waals surface area contributed by atoms with Crippen LogP contribution in [0.25, 0.3) is 0 Å². The predicted octanol–water partition coefficient (Wildman–Crippen LogP) is 4.23. The lowest BCUT2D eigenvalue weighted by molar-refractivity contribution is -0.144. The maximum Gasteiger partial charge on any atom is 0.337 e. The van der Waals surface area contributed by atoms with Crippen LogP contribution in [0.3, 0.4) is 0 Å². The maximum atomic E-state index is 14.7. The van der Waals surface area contributed by atoms with Crippen molar-refractivity contribution in [1.29, 1.82) is 0 Å². The summed E-state index contributed by atoms with van der Waals surface area (Å²) in [5.41, 5.74) is 1.71. The van der Waals surface area contributed by atoms with Crippen LogP contribution in [0.4, 0.5) is 8.78 Å². The summed E-state index contributed by atoms with van der Waals surface area (Å²) >= 11 is 0. The monoisotopic (exact) mass is 460 g/mol. The Labute approximate surface area is 190 Å². The fraction of sp³-hybridized carbons (Fsp3) is 0.375. The first-order chi connectivity index (χ1) is 15.7. The lowest BCUT2D eigenvalue weighted by atomic mass is 10.0. The van der Waals surface area contributed by atoms with E-state index in [4.69, 9.17) is 4.74 Å². The fourth-order valence-electron chi connectivity index (χ4n) is 3.56. The largest absolute Gasteiger partial charge is 0.508 e. The van der Waals surface area contributed by atoms with E-state index in [1.54, 1.807) is 22.9 Å². The summed E-state index contributed by atoms with van der Waals surface area (Å²) in [7, 11) is 0. The highest BCUT2D eigenvalue weighted by Crippen LogP contribution is 2.28. The van der Waals surface area contributed by atoms with E-state index in [1.807, 2.05) is 6.92 Å². The van der Waals surface area contributed by atoms with Gasteiger partial charge in [0.15, 0.2) is 0 Å². The number of ether oxygens (including phenoxy) is 1. The third-order valence-electron chi connectivity index (χ3n) is 5.33. The number of aromatic nitrogens is 1. The fourth-order valence-corrected chi connectivity index (χ4v) is 3.56. The van der Waals surface area contributed by atoms with Crippen LogP contribution in [0.2, 0.25) is 0 Å². The minimum absolute atomic E-state index is 0.0362. The van der Waals surface area contributed by atoms with E-state index in [0.29, 0.717) is 23.4 Å². The Morgan fingerprint density at radius 2 is 1.94 bits per heavy atom. The van der Waals surface area contributed by atoms with Crippen molar-refractivity contribution in [3.8, 4) is 5.75 Å². The quantitative estimate of drug-likeness (QED) is 0.553. The number of carbonyl (C=O) groups excluding carboxylic acids is 1. The van der Waals surface area contributed by atoms with Crippen LogP contribution in [-0.2, 0) is 22.5 Å². The van der Waals surface area contributed by atoms with Crippen molar-refractivity contribution in [2.24, 2.45) is 4.99 Å². The molecule has 2 heterocycles. The van der Waals surface area contributed by atoms with E-state index < -0.39 is 24.1 Å². The molecule has 1 aromatic heterocycles. The normalized spacial score (nSPS) is 14.2. The molecule has 0 saturated heterocycles. The molecule has 9 heteroatoms. The molecule has 0 saturated carbocycles. The average molecular weight is 460 g/mol. The van der Waals surface area contributed by atoms with Crippen LogP contribution >= 0.6 is 0 Å². The van der Waals surface area contributed by atoms with E-state index in [1.165, 1.54) is 24.4 Å². The number of aryl methyl sites for hydroxylation is 2. The van der Waals surface area contributed by atoms with Gasteiger partial charge in [-0.2, -0.15) is 8.78 Å². The van der Waals surface area contributed by atoms with Crippen LogP contribution in [0.5, 0.6) is 5.75 Å². The Morgan fingerprint density at radius 3 is 2.61 bits per heavy atom. The van der Waals surface area contributed by atoms with Gasteiger partial charge in [-0.05, 0) is 49.6 Å². The zero-order chi connectivity index (χ0) is 24.0. The highest BCUT2D eigenvalue weighted by Gasteiger charge is 2.39. The average Bonchev–Trinajstić information content (AvgIpc) is 3.06. The molecule has 0 radical (unpaired) electrons. The van der Waals surface area contributed by atoms with Gasteiger partial charge in [-0.25, -0.2) is 4.79 Å². The third kappa shape index (κ3) is 6.27. The molecule has 3 rings (SSSR count).